The molecule has 0 amide bonds. The predicted octanol–water partition coefficient (Wildman–Crippen LogP) is 4.29. The first kappa shape index (κ1) is 15.3. The maximum Gasteiger partial charge on any atom is 0.185 e. The van der Waals surface area contributed by atoms with Gasteiger partial charge in [0.1, 0.15) is 0 Å². The third-order valence-electron chi connectivity index (χ3n) is 4.82. The minimum atomic E-state index is 0.716. The van der Waals surface area contributed by atoms with Crippen LogP contribution in [0.25, 0.3) is 0 Å². The van der Waals surface area contributed by atoms with E-state index in [-0.39, 0.29) is 0 Å². The summed E-state index contributed by atoms with van der Waals surface area (Å²) in [4.78, 5) is 8.99. The highest BCUT2D eigenvalue weighted by molar-refractivity contribution is 7.15. The first-order valence-electron chi connectivity index (χ1n) is 8.72. The molecule has 1 N–H and O–H groups in total. The number of nitrogens with zero attached hydrogens (tertiary/aromatic N) is 2. The predicted molar refractivity (Wildman–Crippen MR) is 91.4 cm³/mol. The molecule has 3 nitrogen and oxygen atoms in total. The van der Waals surface area contributed by atoms with E-state index in [0.717, 1.165) is 19.0 Å². The molecule has 4 heteroatoms. The van der Waals surface area contributed by atoms with Crippen LogP contribution >= 0.6 is 11.3 Å². The average molecular weight is 308 g/mol. The summed E-state index contributed by atoms with van der Waals surface area (Å²) >= 11 is 1.93. The Hall–Kier alpha value is -0.610. The summed E-state index contributed by atoms with van der Waals surface area (Å²) in [5.74, 6) is 0.758. The van der Waals surface area contributed by atoms with Crippen molar-refractivity contribution in [2.75, 3.05) is 18.5 Å². The Morgan fingerprint density at radius 2 is 1.95 bits per heavy atom. The van der Waals surface area contributed by atoms with Crippen molar-refractivity contribution in [2.45, 2.75) is 76.8 Å². The van der Waals surface area contributed by atoms with Gasteiger partial charge in [0.15, 0.2) is 5.13 Å². The van der Waals surface area contributed by atoms with E-state index in [1.807, 2.05) is 11.3 Å². The Labute approximate surface area is 133 Å². The van der Waals surface area contributed by atoms with Crippen molar-refractivity contribution in [1.82, 2.24) is 10.3 Å². The minimum absolute atomic E-state index is 0.716. The lowest BCUT2D eigenvalue weighted by Gasteiger charge is -2.30. The molecular weight excluding hydrogens is 278 g/mol. The second-order valence-electron chi connectivity index (χ2n) is 6.66. The van der Waals surface area contributed by atoms with E-state index < -0.39 is 0 Å². The topological polar surface area (TPSA) is 28.2 Å². The Kier molecular flexibility index (Phi) is 5.17. The fourth-order valence-corrected chi connectivity index (χ4v) is 4.46. The van der Waals surface area contributed by atoms with E-state index in [4.69, 9.17) is 4.98 Å². The quantitative estimate of drug-likeness (QED) is 0.762. The standard InChI is InChI=1S/C17H29N3S/c1-3-11-18-12-15-16(13-9-10-13)19-17(21-15)20(2)14-7-5-4-6-8-14/h13-14,18H,3-12H2,1-2H3. The third kappa shape index (κ3) is 3.78. The number of aromatic nitrogens is 1. The smallest absolute Gasteiger partial charge is 0.185 e. The number of rotatable bonds is 7. The number of hydrogen-bond donors (Lipinski definition) is 1. The number of hydrogen-bond acceptors (Lipinski definition) is 4. The van der Waals surface area contributed by atoms with E-state index in [0.29, 0.717) is 6.04 Å². The average Bonchev–Trinajstić information content (AvgIpc) is 3.28. The molecule has 2 saturated carbocycles. The van der Waals surface area contributed by atoms with Crippen molar-refractivity contribution in [2.24, 2.45) is 0 Å². The molecule has 0 unspecified atom stereocenters. The first-order valence-corrected chi connectivity index (χ1v) is 9.54. The Bertz CT molecular complexity index is 447. The lowest BCUT2D eigenvalue weighted by Crippen LogP contribution is -2.33. The van der Waals surface area contributed by atoms with Gasteiger partial charge in [-0.3, -0.25) is 0 Å². The van der Waals surface area contributed by atoms with Crippen LogP contribution in [0.15, 0.2) is 0 Å². The van der Waals surface area contributed by atoms with Crippen molar-refractivity contribution in [3.8, 4) is 0 Å². The summed E-state index contributed by atoms with van der Waals surface area (Å²) in [7, 11) is 2.26. The molecule has 1 aromatic rings. The van der Waals surface area contributed by atoms with E-state index in [2.05, 4.69) is 24.2 Å². The van der Waals surface area contributed by atoms with Crippen LogP contribution in [0.4, 0.5) is 5.13 Å². The van der Waals surface area contributed by atoms with Crippen LogP contribution in [0.2, 0.25) is 0 Å². The lowest BCUT2D eigenvalue weighted by atomic mass is 9.95. The zero-order valence-corrected chi connectivity index (χ0v) is 14.3. The molecule has 0 radical (unpaired) electrons. The molecule has 0 aliphatic heterocycles. The molecule has 0 spiro atoms. The van der Waals surface area contributed by atoms with Crippen molar-refractivity contribution in [3.63, 3.8) is 0 Å². The molecule has 1 aromatic heterocycles. The van der Waals surface area contributed by atoms with Gasteiger partial charge in [0.2, 0.25) is 0 Å². The van der Waals surface area contributed by atoms with E-state index >= 15 is 0 Å². The van der Waals surface area contributed by atoms with Gasteiger partial charge in [-0.1, -0.05) is 26.2 Å². The number of thiazole rings is 1. The summed E-state index contributed by atoms with van der Waals surface area (Å²) in [6.07, 6.45) is 10.8. The van der Waals surface area contributed by atoms with Gasteiger partial charge in [0.25, 0.3) is 0 Å². The van der Waals surface area contributed by atoms with E-state index in [9.17, 15) is 0 Å². The number of nitrogens with one attached hydrogen (secondary N) is 1. The molecule has 118 valence electrons. The zero-order valence-electron chi connectivity index (χ0n) is 13.5. The summed E-state index contributed by atoms with van der Waals surface area (Å²) in [6, 6.07) is 0.716. The van der Waals surface area contributed by atoms with Crippen LogP contribution in [0.3, 0.4) is 0 Å². The highest BCUT2D eigenvalue weighted by Crippen LogP contribution is 2.44. The van der Waals surface area contributed by atoms with Crippen molar-refractivity contribution >= 4 is 16.5 Å². The van der Waals surface area contributed by atoms with Crippen molar-refractivity contribution < 1.29 is 0 Å². The summed E-state index contributed by atoms with van der Waals surface area (Å²) in [5, 5.41) is 4.82. The molecule has 1 heterocycles. The molecule has 2 fully saturated rings. The molecule has 21 heavy (non-hydrogen) atoms. The van der Waals surface area contributed by atoms with Crippen LogP contribution in [-0.2, 0) is 6.54 Å². The second-order valence-corrected chi connectivity index (χ2v) is 7.72. The summed E-state index contributed by atoms with van der Waals surface area (Å²) in [6.45, 7) is 4.34. The Balaban J connectivity index is 1.70. The molecule has 0 bridgehead atoms. The monoisotopic (exact) mass is 307 g/mol. The van der Waals surface area contributed by atoms with Gasteiger partial charge in [-0.25, -0.2) is 4.98 Å². The van der Waals surface area contributed by atoms with E-state index in [1.165, 1.54) is 67.1 Å². The maximum absolute atomic E-state index is 5.03. The first-order chi connectivity index (χ1) is 10.3. The highest BCUT2D eigenvalue weighted by atomic mass is 32.1. The molecule has 2 aliphatic carbocycles. The molecule has 0 saturated heterocycles. The second kappa shape index (κ2) is 7.10. The van der Waals surface area contributed by atoms with Crippen LogP contribution in [0.1, 0.15) is 74.8 Å². The van der Waals surface area contributed by atoms with Gasteiger partial charge in [0.05, 0.1) is 5.69 Å². The Morgan fingerprint density at radius 1 is 1.19 bits per heavy atom. The molecule has 0 aromatic carbocycles. The van der Waals surface area contributed by atoms with Crippen LogP contribution in [-0.4, -0.2) is 24.6 Å². The molecule has 0 atom stereocenters. The molecular formula is C17H29N3S. The van der Waals surface area contributed by atoms with Gasteiger partial charge in [-0.05, 0) is 38.6 Å². The van der Waals surface area contributed by atoms with Crippen LogP contribution < -0.4 is 10.2 Å². The Morgan fingerprint density at radius 3 is 2.62 bits per heavy atom. The van der Waals surface area contributed by atoms with Gasteiger partial charge in [-0.15, -0.1) is 11.3 Å². The van der Waals surface area contributed by atoms with Gasteiger partial charge < -0.3 is 10.2 Å². The zero-order chi connectivity index (χ0) is 14.7. The summed E-state index contributed by atoms with van der Waals surface area (Å²) < 4.78 is 0. The fourth-order valence-electron chi connectivity index (χ4n) is 3.31. The number of anilines is 1. The van der Waals surface area contributed by atoms with Gasteiger partial charge >= 0.3 is 0 Å². The molecule has 3 rings (SSSR count). The maximum atomic E-state index is 5.03. The molecule has 2 aliphatic rings. The van der Waals surface area contributed by atoms with Gasteiger partial charge in [-0.2, -0.15) is 0 Å². The van der Waals surface area contributed by atoms with Crippen LogP contribution in [0, 0.1) is 0 Å². The summed E-state index contributed by atoms with van der Waals surface area (Å²) in [5.41, 5.74) is 1.40. The van der Waals surface area contributed by atoms with E-state index in [1.54, 1.807) is 0 Å². The van der Waals surface area contributed by atoms with Crippen molar-refractivity contribution in [1.29, 1.82) is 0 Å². The van der Waals surface area contributed by atoms with Crippen molar-refractivity contribution in [3.05, 3.63) is 10.6 Å². The third-order valence-corrected chi connectivity index (χ3v) is 5.98. The lowest BCUT2D eigenvalue weighted by molar-refractivity contribution is 0.427. The minimum Gasteiger partial charge on any atom is -0.348 e. The van der Waals surface area contributed by atoms with Crippen LogP contribution in [0.5, 0.6) is 0 Å². The normalized spacial score (nSPS) is 19.9. The SMILES string of the molecule is CCCNCc1sc(N(C)C2CCCCC2)nc1C1CC1. The largest absolute Gasteiger partial charge is 0.348 e. The van der Waals surface area contributed by atoms with Gasteiger partial charge in [0, 0.05) is 30.4 Å². The highest BCUT2D eigenvalue weighted by Gasteiger charge is 2.31. The fraction of sp³-hybridized carbons (Fsp3) is 0.824.